The summed E-state index contributed by atoms with van der Waals surface area (Å²) in [6, 6.07) is 1.75. The summed E-state index contributed by atoms with van der Waals surface area (Å²) in [4.78, 5) is 3.97. The molecule has 0 amide bonds. The third kappa shape index (κ3) is 2.34. The van der Waals surface area contributed by atoms with Crippen molar-refractivity contribution in [3.63, 3.8) is 0 Å². The van der Waals surface area contributed by atoms with E-state index < -0.39 is 0 Å². The number of nitrogens with zero attached hydrogens (tertiary/aromatic N) is 1. The van der Waals surface area contributed by atoms with E-state index in [2.05, 4.69) is 20.9 Å². The maximum Gasteiger partial charge on any atom is 0.232 e. The molecular formula is C7H7BrClNO. The molecule has 1 aromatic rings. The molecule has 0 atom stereocenters. The molecule has 1 heterocycles. The number of pyridine rings is 1. The van der Waals surface area contributed by atoms with Crippen LogP contribution in [0.15, 0.2) is 16.7 Å². The molecule has 0 saturated heterocycles. The van der Waals surface area contributed by atoms with Crippen molar-refractivity contribution in [2.75, 3.05) is 6.61 Å². The number of hydrogen-bond donors (Lipinski definition) is 0. The Hall–Kier alpha value is -0.280. The van der Waals surface area contributed by atoms with Crippen LogP contribution in [0.3, 0.4) is 0 Å². The van der Waals surface area contributed by atoms with Crippen LogP contribution in [-0.4, -0.2) is 11.6 Å². The van der Waals surface area contributed by atoms with E-state index in [4.69, 9.17) is 16.3 Å². The molecule has 11 heavy (non-hydrogen) atoms. The second-order valence-corrected chi connectivity index (χ2v) is 3.20. The molecule has 60 valence electrons. The lowest BCUT2D eigenvalue weighted by Crippen LogP contribution is -1.94. The second-order valence-electron chi connectivity index (χ2n) is 1.87. The summed E-state index contributed by atoms with van der Waals surface area (Å²) in [5, 5.41) is 0.529. The molecule has 0 aromatic carbocycles. The third-order valence-corrected chi connectivity index (χ3v) is 1.76. The van der Waals surface area contributed by atoms with Gasteiger partial charge in [-0.25, -0.2) is 4.98 Å². The molecule has 1 aromatic heterocycles. The van der Waals surface area contributed by atoms with E-state index in [1.54, 1.807) is 12.3 Å². The zero-order chi connectivity index (χ0) is 8.27. The van der Waals surface area contributed by atoms with Crippen molar-refractivity contribution in [2.24, 2.45) is 0 Å². The van der Waals surface area contributed by atoms with Gasteiger partial charge in [-0.2, -0.15) is 0 Å². The fourth-order valence-corrected chi connectivity index (χ4v) is 1.33. The summed E-state index contributed by atoms with van der Waals surface area (Å²) < 4.78 is 5.98. The zero-order valence-corrected chi connectivity index (χ0v) is 8.32. The van der Waals surface area contributed by atoms with E-state index in [0.717, 1.165) is 4.47 Å². The molecule has 4 heteroatoms. The molecule has 0 aliphatic heterocycles. The van der Waals surface area contributed by atoms with Gasteiger partial charge >= 0.3 is 0 Å². The minimum Gasteiger partial charge on any atom is -0.477 e. The van der Waals surface area contributed by atoms with Crippen LogP contribution >= 0.6 is 27.5 Å². The van der Waals surface area contributed by atoms with Gasteiger partial charge in [0.05, 0.1) is 6.61 Å². The largest absolute Gasteiger partial charge is 0.477 e. The van der Waals surface area contributed by atoms with Crippen LogP contribution < -0.4 is 4.74 Å². The summed E-state index contributed by atoms with van der Waals surface area (Å²) in [6.07, 6.45) is 1.65. The summed E-state index contributed by atoms with van der Waals surface area (Å²) in [5.41, 5.74) is 0. The Morgan fingerprint density at radius 2 is 2.45 bits per heavy atom. The number of hydrogen-bond acceptors (Lipinski definition) is 2. The summed E-state index contributed by atoms with van der Waals surface area (Å²) in [7, 11) is 0. The molecule has 0 fully saturated rings. The van der Waals surface area contributed by atoms with Crippen LogP contribution in [0, 0.1) is 0 Å². The van der Waals surface area contributed by atoms with Gasteiger partial charge in [-0.05, 0) is 28.9 Å². The standard InChI is InChI=1S/C7H7BrClNO/c1-2-11-7-6(9)3-5(8)4-10-7/h3-4H,2H2,1H3. The Balaban J connectivity index is 2.90. The summed E-state index contributed by atoms with van der Waals surface area (Å²) in [6.45, 7) is 2.47. The number of ether oxygens (including phenoxy) is 1. The van der Waals surface area contributed by atoms with Gasteiger partial charge in [-0.3, -0.25) is 0 Å². The van der Waals surface area contributed by atoms with Gasteiger partial charge < -0.3 is 4.74 Å². The average Bonchev–Trinajstić information content (AvgIpc) is 1.95. The molecular weight excluding hydrogens is 229 g/mol. The molecule has 0 N–H and O–H groups in total. The van der Waals surface area contributed by atoms with E-state index in [1.165, 1.54) is 0 Å². The topological polar surface area (TPSA) is 22.1 Å². The van der Waals surface area contributed by atoms with Crippen molar-refractivity contribution in [1.82, 2.24) is 4.98 Å². The summed E-state index contributed by atoms with van der Waals surface area (Å²) in [5.74, 6) is 0.484. The Labute approximate surface area is 78.7 Å². The highest BCUT2D eigenvalue weighted by Crippen LogP contribution is 2.24. The highest BCUT2D eigenvalue weighted by Gasteiger charge is 2.01. The maximum absolute atomic E-state index is 5.79. The fraction of sp³-hybridized carbons (Fsp3) is 0.286. The quantitative estimate of drug-likeness (QED) is 0.788. The highest BCUT2D eigenvalue weighted by atomic mass is 79.9. The van der Waals surface area contributed by atoms with Crippen LogP contribution in [0.1, 0.15) is 6.92 Å². The van der Waals surface area contributed by atoms with Gasteiger partial charge in [0, 0.05) is 10.7 Å². The number of rotatable bonds is 2. The first kappa shape index (κ1) is 8.81. The lowest BCUT2D eigenvalue weighted by atomic mass is 10.5. The molecule has 2 nitrogen and oxygen atoms in total. The number of halogens is 2. The Bertz CT molecular complexity index is 254. The van der Waals surface area contributed by atoms with Crippen LogP contribution in [-0.2, 0) is 0 Å². The Morgan fingerprint density at radius 1 is 1.73 bits per heavy atom. The first-order valence-electron chi connectivity index (χ1n) is 3.18. The van der Waals surface area contributed by atoms with E-state index >= 15 is 0 Å². The van der Waals surface area contributed by atoms with Crippen molar-refractivity contribution in [2.45, 2.75) is 6.92 Å². The molecule has 0 spiro atoms. The van der Waals surface area contributed by atoms with Gasteiger partial charge in [0.25, 0.3) is 0 Å². The molecule has 0 unspecified atom stereocenters. The monoisotopic (exact) mass is 235 g/mol. The molecule has 0 radical (unpaired) electrons. The van der Waals surface area contributed by atoms with E-state index in [0.29, 0.717) is 17.5 Å². The fourth-order valence-electron chi connectivity index (χ4n) is 0.645. The van der Waals surface area contributed by atoms with Crippen LogP contribution in [0.25, 0.3) is 0 Å². The molecule has 0 saturated carbocycles. The molecule has 0 aliphatic rings. The van der Waals surface area contributed by atoms with Crippen molar-refractivity contribution in [3.8, 4) is 5.88 Å². The van der Waals surface area contributed by atoms with Gasteiger partial charge in [-0.1, -0.05) is 11.6 Å². The lowest BCUT2D eigenvalue weighted by molar-refractivity contribution is 0.327. The zero-order valence-electron chi connectivity index (χ0n) is 5.97. The summed E-state index contributed by atoms with van der Waals surface area (Å²) >= 11 is 9.04. The van der Waals surface area contributed by atoms with Gasteiger partial charge in [0.15, 0.2) is 0 Å². The van der Waals surface area contributed by atoms with E-state index in [1.807, 2.05) is 6.92 Å². The van der Waals surface area contributed by atoms with Crippen LogP contribution in [0.2, 0.25) is 5.02 Å². The van der Waals surface area contributed by atoms with Crippen molar-refractivity contribution in [1.29, 1.82) is 0 Å². The first-order valence-corrected chi connectivity index (χ1v) is 4.35. The van der Waals surface area contributed by atoms with E-state index in [-0.39, 0.29) is 0 Å². The molecule has 0 aliphatic carbocycles. The first-order chi connectivity index (χ1) is 5.24. The Morgan fingerprint density at radius 3 is 3.00 bits per heavy atom. The van der Waals surface area contributed by atoms with Crippen molar-refractivity contribution < 1.29 is 4.74 Å². The van der Waals surface area contributed by atoms with Crippen LogP contribution in [0.5, 0.6) is 5.88 Å². The SMILES string of the molecule is CCOc1ncc(Br)cc1Cl. The minimum atomic E-state index is 0.484. The molecule has 0 bridgehead atoms. The van der Waals surface area contributed by atoms with Gasteiger partial charge in [0.1, 0.15) is 5.02 Å². The van der Waals surface area contributed by atoms with E-state index in [9.17, 15) is 0 Å². The Kier molecular flexibility index (Phi) is 3.15. The molecule has 1 rings (SSSR count). The number of aromatic nitrogens is 1. The van der Waals surface area contributed by atoms with Crippen molar-refractivity contribution in [3.05, 3.63) is 21.8 Å². The van der Waals surface area contributed by atoms with Gasteiger partial charge in [0.2, 0.25) is 5.88 Å². The maximum atomic E-state index is 5.79. The average molecular weight is 236 g/mol. The lowest BCUT2D eigenvalue weighted by Gasteiger charge is -2.02. The second kappa shape index (κ2) is 3.93. The predicted octanol–water partition coefficient (Wildman–Crippen LogP) is 2.90. The van der Waals surface area contributed by atoms with Gasteiger partial charge in [-0.15, -0.1) is 0 Å². The smallest absolute Gasteiger partial charge is 0.232 e. The van der Waals surface area contributed by atoms with Crippen molar-refractivity contribution >= 4 is 27.5 Å². The third-order valence-electron chi connectivity index (χ3n) is 1.06. The highest BCUT2D eigenvalue weighted by molar-refractivity contribution is 9.10. The minimum absolute atomic E-state index is 0.484. The van der Waals surface area contributed by atoms with Crippen LogP contribution in [0.4, 0.5) is 0 Å². The normalized spacial score (nSPS) is 9.73. The predicted molar refractivity (Wildman–Crippen MR) is 48.1 cm³/mol.